The van der Waals surface area contributed by atoms with Crippen LogP contribution in [0.5, 0.6) is 0 Å². The molecule has 2 aliphatic heterocycles. The molecule has 216 valence electrons. The van der Waals surface area contributed by atoms with Gasteiger partial charge >= 0.3 is 6.09 Å². The van der Waals surface area contributed by atoms with Crippen LogP contribution in [0.2, 0.25) is 0 Å². The summed E-state index contributed by atoms with van der Waals surface area (Å²) in [6.45, 7) is 11.5. The lowest BCUT2D eigenvalue weighted by Gasteiger charge is -2.35. The van der Waals surface area contributed by atoms with Crippen LogP contribution in [0.15, 0.2) is 55.0 Å². The van der Waals surface area contributed by atoms with Crippen molar-refractivity contribution in [3.8, 4) is 0 Å². The summed E-state index contributed by atoms with van der Waals surface area (Å²) in [4.78, 5) is 31.6. The van der Waals surface area contributed by atoms with E-state index < -0.39 is 12.1 Å². The van der Waals surface area contributed by atoms with Crippen LogP contribution in [0.4, 0.5) is 10.5 Å². The van der Waals surface area contributed by atoms with Gasteiger partial charge in [-0.25, -0.2) is 4.79 Å². The molecule has 2 amide bonds. The maximum atomic E-state index is 12.3. The van der Waals surface area contributed by atoms with E-state index in [0.29, 0.717) is 13.1 Å². The number of hydrogen-bond donors (Lipinski definition) is 2. The fourth-order valence-corrected chi connectivity index (χ4v) is 5.49. The molecule has 5 rings (SSSR count). The number of carbonyl (C=O) groups excluding carboxylic acids is 1. The lowest BCUT2D eigenvalue weighted by Crippen LogP contribution is -2.46. The molecule has 1 atom stereocenters. The van der Waals surface area contributed by atoms with Gasteiger partial charge in [0, 0.05) is 63.6 Å². The Morgan fingerprint density at radius 3 is 2.35 bits per heavy atom. The number of nitrogens with zero attached hydrogens (tertiary/aromatic N) is 4. The van der Waals surface area contributed by atoms with Crippen LogP contribution >= 0.6 is 0 Å². The van der Waals surface area contributed by atoms with Crippen molar-refractivity contribution in [1.29, 1.82) is 0 Å². The molecule has 0 aliphatic carbocycles. The third-order valence-electron chi connectivity index (χ3n) is 7.88. The van der Waals surface area contributed by atoms with Crippen LogP contribution < -0.4 is 10.2 Å². The summed E-state index contributed by atoms with van der Waals surface area (Å²) in [5.41, 5.74) is 7.63. The van der Waals surface area contributed by atoms with Crippen molar-refractivity contribution in [2.75, 3.05) is 37.7 Å². The molecule has 0 saturated carbocycles. The topological polar surface area (TPSA) is 99.9 Å². The van der Waals surface area contributed by atoms with Gasteiger partial charge in [-0.05, 0) is 81.5 Å². The summed E-state index contributed by atoms with van der Waals surface area (Å²) in [7, 11) is 0. The number of amides is 2. The fraction of sp³-hybridized carbons (Fsp3) is 0.452. The number of hydrogen-bond acceptors (Lipinski definition) is 5. The molecule has 9 heteroatoms. The summed E-state index contributed by atoms with van der Waals surface area (Å²) in [5.74, 6) is -0.162. The van der Waals surface area contributed by atoms with E-state index in [1.54, 1.807) is 12.4 Å². The second-order valence-corrected chi connectivity index (χ2v) is 10.7. The first-order valence-electron chi connectivity index (χ1n) is 13.9. The van der Waals surface area contributed by atoms with E-state index in [4.69, 9.17) is 4.74 Å². The largest absolute Gasteiger partial charge is 0.465 e. The third kappa shape index (κ3) is 7.41. The van der Waals surface area contributed by atoms with Crippen molar-refractivity contribution < 1.29 is 20.9 Å². The monoisotopic (exact) mass is 549 g/mol. The molecule has 40 heavy (non-hydrogen) atoms. The zero-order valence-electron chi connectivity index (χ0n) is 24.0. The van der Waals surface area contributed by atoms with Gasteiger partial charge in [0.05, 0.1) is 12.6 Å². The Kier molecular flexibility index (Phi) is 9.82. The number of pyridine rings is 1. The predicted molar refractivity (Wildman–Crippen MR) is 158 cm³/mol. The van der Waals surface area contributed by atoms with Crippen molar-refractivity contribution in [3.05, 3.63) is 82.9 Å². The number of carboxylic acid groups (broad SMARTS) is 1. The molecule has 9 nitrogen and oxygen atoms in total. The van der Waals surface area contributed by atoms with Gasteiger partial charge in [0.25, 0.3) is 0 Å². The van der Waals surface area contributed by atoms with Gasteiger partial charge in [-0.1, -0.05) is 17.7 Å². The first kappa shape index (κ1) is 29.1. The number of fused-ring (bicyclic) bond motifs is 1. The molecular formula is C31H43N5O4. The Labute approximate surface area is 238 Å². The molecule has 0 radical (unpaired) electrons. The zero-order chi connectivity index (χ0) is 28.6. The molecule has 2 N–H and O–H groups in total. The second-order valence-electron chi connectivity index (χ2n) is 10.7. The Bertz CT molecular complexity index is 1270. The normalized spacial score (nSPS) is 17.1. The number of rotatable bonds is 6. The predicted octanol–water partition coefficient (Wildman–Crippen LogP) is 4.89. The van der Waals surface area contributed by atoms with Crippen molar-refractivity contribution in [2.45, 2.75) is 59.2 Å². The molecule has 0 spiro atoms. The number of carbonyl (C=O) groups is 2. The van der Waals surface area contributed by atoms with Gasteiger partial charge in [-0.3, -0.25) is 14.7 Å². The van der Waals surface area contributed by atoms with Gasteiger partial charge in [0.2, 0.25) is 5.91 Å². The van der Waals surface area contributed by atoms with E-state index in [1.165, 1.54) is 27.2 Å². The molecule has 1 saturated heterocycles. The van der Waals surface area contributed by atoms with Crippen LogP contribution in [0.3, 0.4) is 0 Å². The van der Waals surface area contributed by atoms with Crippen molar-refractivity contribution in [2.24, 2.45) is 0 Å². The zero-order valence-corrected chi connectivity index (χ0v) is 24.0. The second kappa shape index (κ2) is 13.5. The number of nitrogens with one attached hydrogen (secondary N) is 1. The molecule has 1 unspecified atom stereocenters. The Morgan fingerprint density at radius 2 is 1.70 bits per heavy atom. The van der Waals surface area contributed by atoms with Crippen LogP contribution in [-0.4, -0.2) is 70.4 Å². The average Bonchev–Trinajstić information content (AvgIpc) is 3.42. The fourth-order valence-electron chi connectivity index (χ4n) is 5.49. The smallest absolute Gasteiger partial charge is 0.408 e. The highest BCUT2D eigenvalue weighted by molar-refractivity contribution is 5.77. The minimum absolute atomic E-state index is 0. The summed E-state index contributed by atoms with van der Waals surface area (Å²) in [6.07, 6.45) is 6.28. The third-order valence-corrected chi connectivity index (χ3v) is 7.88. The van der Waals surface area contributed by atoms with E-state index in [1.807, 2.05) is 35.0 Å². The van der Waals surface area contributed by atoms with Crippen molar-refractivity contribution in [1.82, 2.24) is 19.8 Å². The molecule has 2 aromatic heterocycles. The van der Waals surface area contributed by atoms with Crippen LogP contribution in [0.1, 0.15) is 48.3 Å². The summed E-state index contributed by atoms with van der Waals surface area (Å²) in [5, 5.41) is 12.5. The molecule has 3 aromatic rings. The highest BCUT2D eigenvalue weighted by Gasteiger charge is 2.31. The SMILES string of the molecule is Cc1cc(C)c(C)c(C)c1.O=C(COCC1c2cccn2CCN1C(=O)O)NC1CCN(c2ccncc2)CC1.[HH]. The average molecular weight is 550 g/mol. The quantitative estimate of drug-likeness (QED) is 0.454. The first-order valence-corrected chi connectivity index (χ1v) is 13.9. The first-order chi connectivity index (χ1) is 19.2. The molecule has 4 heterocycles. The van der Waals surface area contributed by atoms with Gasteiger partial charge in [-0.2, -0.15) is 0 Å². The number of piperidine rings is 1. The summed E-state index contributed by atoms with van der Waals surface area (Å²) >= 11 is 0. The van der Waals surface area contributed by atoms with E-state index in [-0.39, 0.29) is 26.6 Å². The molecule has 2 aliphatic rings. The number of aryl methyl sites for hydroxylation is 3. The van der Waals surface area contributed by atoms with E-state index in [2.05, 4.69) is 55.0 Å². The Hall–Kier alpha value is -3.85. The molecular weight excluding hydrogens is 506 g/mol. The number of anilines is 1. The molecule has 0 bridgehead atoms. The summed E-state index contributed by atoms with van der Waals surface area (Å²) < 4.78 is 7.66. The van der Waals surface area contributed by atoms with Crippen LogP contribution in [-0.2, 0) is 16.1 Å². The van der Waals surface area contributed by atoms with Crippen molar-refractivity contribution >= 4 is 17.7 Å². The minimum Gasteiger partial charge on any atom is -0.465 e. The summed E-state index contributed by atoms with van der Waals surface area (Å²) in [6, 6.07) is 12.0. The number of aromatic nitrogens is 2. The highest BCUT2D eigenvalue weighted by atomic mass is 16.5. The lowest BCUT2D eigenvalue weighted by molar-refractivity contribution is -0.127. The highest BCUT2D eigenvalue weighted by Crippen LogP contribution is 2.26. The number of ether oxygens (including phenoxy) is 1. The molecule has 1 fully saturated rings. The molecule has 1 aromatic carbocycles. The minimum atomic E-state index is -0.971. The van der Waals surface area contributed by atoms with Gasteiger partial charge in [0.1, 0.15) is 6.61 Å². The van der Waals surface area contributed by atoms with Gasteiger partial charge in [-0.15, -0.1) is 0 Å². The lowest BCUT2D eigenvalue weighted by atomic mass is 10.0. The standard InChI is InChI=1S/C21H27N5O4.C10H14.H2/c27-20(23-16-5-10-24(11-6-16)17-3-7-22-8-4-17)15-30-14-19-18-2-1-9-25(18)12-13-26(19)21(28)29;1-7-5-8(2)10(4)9(3)6-7;/h1-4,7-9,16,19H,5-6,10-15H2,(H,23,27)(H,28,29);5-6H,1-4H3;1H. The van der Waals surface area contributed by atoms with Gasteiger partial charge in [0.15, 0.2) is 0 Å². The van der Waals surface area contributed by atoms with Crippen molar-refractivity contribution in [3.63, 3.8) is 0 Å². The van der Waals surface area contributed by atoms with E-state index >= 15 is 0 Å². The maximum absolute atomic E-state index is 12.3. The van der Waals surface area contributed by atoms with Crippen LogP contribution in [0.25, 0.3) is 0 Å². The van der Waals surface area contributed by atoms with Crippen LogP contribution in [0, 0.1) is 27.7 Å². The van der Waals surface area contributed by atoms with E-state index in [0.717, 1.165) is 37.3 Å². The van der Waals surface area contributed by atoms with Gasteiger partial charge < -0.3 is 24.6 Å². The number of benzene rings is 1. The maximum Gasteiger partial charge on any atom is 0.408 e. The Morgan fingerprint density at radius 1 is 1.02 bits per heavy atom. The van der Waals surface area contributed by atoms with E-state index in [9.17, 15) is 14.7 Å². The Balaban J connectivity index is 0.000000357.